The van der Waals surface area contributed by atoms with Crippen LogP contribution in [0.3, 0.4) is 0 Å². The van der Waals surface area contributed by atoms with Crippen molar-refractivity contribution in [3.05, 3.63) is 0 Å². The van der Waals surface area contributed by atoms with Gasteiger partial charge in [0.2, 0.25) is 0 Å². The summed E-state index contributed by atoms with van der Waals surface area (Å²) in [4.78, 5) is 33.9. The van der Waals surface area contributed by atoms with Crippen LogP contribution in [0.5, 0.6) is 0 Å². The van der Waals surface area contributed by atoms with Crippen LogP contribution >= 0.6 is 0 Å². The second-order valence-corrected chi connectivity index (χ2v) is 5.09. The van der Waals surface area contributed by atoms with E-state index in [2.05, 4.69) is 0 Å². The number of ketones is 1. The first-order valence-corrected chi connectivity index (χ1v) is 6.82. The summed E-state index contributed by atoms with van der Waals surface area (Å²) in [5.41, 5.74) is -1.18. The lowest BCUT2D eigenvalue weighted by Crippen LogP contribution is -2.42. The minimum atomic E-state index is -1.18. The van der Waals surface area contributed by atoms with Crippen LogP contribution in [0, 0.1) is 5.41 Å². The van der Waals surface area contributed by atoms with Gasteiger partial charge in [-0.1, -0.05) is 13.8 Å². The largest absolute Gasteiger partial charge is 0.371 e. The van der Waals surface area contributed by atoms with Crippen molar-refractivity contribution in [3.8, 4) is 0 Å². The van der Waals surface area contributed by atoms with Gasteiger partial charge in [0.25, 0.3) is 0 Å². The zero-order valence-electron chi connectivity index (χ0n) is 12.8. The maximum Gasteiger partial charge on any atom is 0.355 e. The fraction of sp³-hybridized carbons (Fsp3) is 0.857. The number of carbonyl (C=O) groups excluding carboxylic acids is 2. The molecule has 0 aliphatic carbocycles. The molecule has 0 saturated carbocycles. The monoisotopic (exact) mass is 274 g/mol. The van der Waals surface area contributed by atoms with Gasteiger partial charge < -0.3 is 4.74 Å². The molecule has 19 heavy (non-hydrogen) atoms. The first kappa shape index (κ1) is 18.1. The normalized spacial score (nSPS) is 12.0. The van der Waals surface area contributed by atoms with Gasteiger partial charge in [0.1, 0.15) is 12.0 Å². The summed E-state index contributed by atoms with van der Waals surface area (Å²) in [7, 11) is 0. The zero-order chi connectivity index (χ0) is 15.1. The van der Waals surface area contributed by atoms with Crippen molar-refractivity contribution in [3.63, 3.8) is 0 Å². The van der Waals surface area contributed by atoms with Gasteiger partial charge in [-0.15, -0.1) is 0 Å². The van der Waals surface area contributed by atoms with Crippen LogP contribution in [0.4, 0.5) is 0 Å². The smallest absolute Gasteiger partial charge is 0.355 e. The van der Waals surface area contributed by atoms with E-state index in [0.29, 0.717) is 12.8 Å². The van der Waals surface area contributed by atoms with E-state index in [4.69, 9.17) is 14.5 Å². The number of ether oxygens (including phenoxy) is 1. The molecule has 112 valence electrons. The van der Waals surface area contributed by atoms with Crippen molar-refractivity contribution in [1.29, 1.82) is 0 Å². The summed E-state index contributed by atoms with van der Waals surface area (Å²) in [5, 5.41) is 0. The number of rotatable bonds is 9. The van der Waals surface area contributed by atoms with E-state index in [1.807, 2.05) is 13.8 Å². The average molecular weight is 274 g/mol. The Balaban J connectivity index is 4.81. The van der Waals surface area contributed by atoms with Crippen molar-refractivity contribution in [2.75, 3.05) is 6.61 Å². The maximum atomic E-state index is 12.2. The van der Waals surface area contributed by atoms with Crippen molar-refractivity contribution in [1.82, 2.24) is 0 Å². The maximum absolute atomic E-state index is 12.2. The molecule has 0 rings (SSSR count). The molecule has 0 saturated heterocycles. The Morgan fingerprint density at radius 3 is 1.89 bits per heavy atom. The Labute approximate surface area is 115 Å². The topological polar surface area (TPSA) is 61.8 Å². The Morgan fingerprint density at radius 2 is 1.53 bits per heavy atom. The molecule has 0 aromatic heterocycles. The number of carbonyl (C=O) groups is 2. The Kier molecular flexibility index (Phi) is 7.87. The lowest BCUT2D eigenvalue weighted by molar-refractivity contribution is -0.298. The third-order valence-corrected chi connectivity index (χ3v) is 3.00. The molecule has 0 aliphatic heterocycles. The molecular formula is C14H26O5. The second-order valence-electron chi connectivity index (χ2n) is 5.09. The van der Waals surface area contributed by atoms with Gasteiger partial charge in [-0.25, -0.2) is 4.79 Å². The first-order valence-electron chi connectivity index (χ1n) is 6.82. The van der Waals surface area contributed by atoms with E-state index < -0.39 is 11.4 Å². The van der Waals surface area contributed by atoms with Crippen LogP contribution < -0.4 is 0 Å². The lowest BCUT2D eigenvalue weighted by Gasteiger charge is -2.27. The van der Waals surface area contributed by atoms with Gasteiger partial charge in [-0.05, 0) is 40.5 Å². The van der Waals surface area contributed by atoms with Crippen LogP contribution in [0.25, 0.3) is 0 Å². The van der Waals surface area contributed by atoms with Gasteiger partial charge in [0.15, 0.2) is 5.78 Å². The number of hydrogen-bond acceptors (Lipinski definition) is 5. The quantitative estimate of drug-likeness (QED) is 0.367. The predicted octanol–water partition coefficient (Wildman–Crippen LogP) is 2.67. The molecule has 5 heteroatoms. The van der Waals surface area contributed by atoms with E-state index in [-0.39, 0.29) is 24.6 Å². The van der Waals surface area contributed by atoms with Gasteiger partial charge in [0, 0.05) is 0 Å². The summed E-state index contributed by atoms with van der Waals surface area (Å²) in [5.74, 6) is -0.896. The summed E-state index contributed by atoms with van der Waals surface area (Å²) in [6.45, 7) is 10.7. The van der Waals surface area contributed by atoms with Crippen molar-refractivity contribution < 1.29 is 24.1 Å². The molecule has 0 aromatic carbocycles. The molecule has 0 amide bonds. The van der Waals surface area contributed by atoms with Crippen molar-refractivity contribution >= 4 is 11.8 Å². The van der Waals surface area contributed by atoms with Gasteiger partial charge in [0.05, 0.1) is 12.2 Å². The van der Waals surface area contributed by atoms with Crippen LogP contribution in [-0.2, 0) is 24.1 Å². The highest BCUT2D eigenvalue weighted by atomic mass is 17.2. The molecule has 0 atom stereocenters. The van der Waals surface area contributed by atoms with Gasteiger partial charge in [-0.3, -0.25) is 9.68 Å². The summed E-state index contributed by atoms with van der Waals surface area (Å²) in [6.07, 6.45) is 0.435. The summed E-state index contributed by atoms with van der Waals surface area (Å²) < 4.78 is 5.29. The fourth-order valence-electron chi connectivity index (χ4n) is 1.65. The SMILES string of the molecule is CCC(CC)(C(=O)COC(C)C)C(=O)OOC(C)C. The number of hydrogen-bond donors (Lipinski definition) is 0. The average Bonchev–Trinajstić information content (AvgIpc) is 2.35. The van der Waals surface area contributed by atoms with E-state index >= 15 is 0 Å². The van der Waals surface area contributed by atoms with Crippen LogP contribution in [0.1, 0.15) is 54.4 Å². The van der Waals surface area contributed by atoms with Crippen LogP contribution in [0.15, 0.2) is 0 Å². The molecule has 0 unspecified atom stereocenters. The Hall–Kier alpha value is -0.940. The minimum absolute atomic E-state index is 0.0571. The minimum Gasteiger partial charge on any atom is -0.371 e. The van der Waals surface area contributed by atoms with Crippen molar-refractivity contribution in [2.45, 2.75) is 66.6 Å². The molecular weight excluding hydrogens is 248 g/mol. The molecule has 0 aliphatic rings. The standard InChI is InChI=1S/C14H26O5/c1-7-14(8-2,12(15)9-17-10(3)4)13(16)19-18-11(5)6/h10-11H,7-9H2,1-6H3. The fourth-order valence-corrected chi connectivity index (χ4v) is 1.65. The summed E-state index contributed by atoms with van der Waals surface area (Å²) in [6, 6.07) is 0. The van der Waals surface area contributed by atoms with Crippen molar-refractivity contribution in [2.24, 2.45) is 5.41 Å². The van der Waals surface area contributed by atoms with Gasteiger partial charge >= 0.3 is 5.97 Å². The van der Waals surface area contributed by atoms with Gasteiger partial charge in [-0.2, -0.15) is 4.89 Å². The molecule has 0 N–H and O–H groups in total. The summed E-state index contributed by atoms with van der Waals surface area (Å²) >= 11 is 0. The molecule has 0 spiro atoms. The Morgan fingerprint density at radius 1 is 1.00 bits per heavy atom. The highest BCUT2D eigenvalue weighted by Crippen LogP contribution is 2.30. The van der Waals surface area contributed by atoms with Crippen LogP contribution in [0.2, 0.25) is 0 Å². The first-order chi connectivity index (χ1) is 8.80. The van der Waals surface area contributed by atoms with E-state index in [1.165, 1.54) is 0 Å². The highest BCUT2D eigenvalue weighted by Gasteiger charge is 2.44. The third kappa shape index (κ3) is 5.28. The molecule has 0 radical (unpaired) electrons. The molecule has 0 aromatic rings. The van der Waals surface area contributed by atoms with E-state index in [9.17, 15) is 9.59 Å². The predicted molar refractivity (Wildman–Crippen MR) is 71.4 cm³/mol. The molecule has 5 nitrogen and oxygen atoms in total. The molecule has 0 bridgehead atoms. The molecule has 0 fully saturated rings. The van der Waals surface area contributed by atoms with Crippen LogP contribution in [-0.4, -0.2) is 30.6 Å². The van der Waals surface area contributed by atoms with E-state index in [0.717, 1.165) is 0 Å². The lowest BCUT2D eigenvalue weighted by atomic mass is 9.78. The Bertz CT molecular complexity index is 266. The number of Topliss-reactive ketones (excluding diaryl/α,β-unsaturated/α-hetero) is 1. The third-order valence-electron chi connectivity index (χ3n) is 3.00. The second kappa shape index (κ2) is 8.27. The molecule has 0 heterocycles. The van der Waals surface area contributed by atoms with E-state index in [1.54, 1.807) is 27.7 Å². The highest BCUT2D eigenvalue weighted by molar-refractivity contribution is 6.04. The zero-order valence-corrected chi connectivity index (χ0v) is 12.8.